The second-order valence-corrected chi connectivity index (χ2v) is 7.58. The van der Waals surface area contributed by atoms with Crippen molar-refractivity contribution in [3.63, 3.8) is 0 Å². The molecule has 1 aliphatic carbocycles. The molecule has 8 heteroatoms. The SMILES string of the molecule is CC1C=C(c2ccc(C(F)(F)F)cc2)C(c2ccc(S(N)(=O)=O)cn2)=C1. The molecule has 0 aliphatic heterocycles. The largest absolute Gasteiger partial charge is 0.416 e. The number of primary sulfonamides is 1. The number of rotatable bonds is 3. The van der Waals surface area contributed by atoms with Crippen molar-refractivity contribution < 1.29 is 21.6 Å². The van der Waals surface area contributed by atoms with Crippen molar-refractivity contribution in [2.75, 3.05) is 0 Å². The summed E-state index contributed by atoms with van der Waals surface area (Å²) in [5.41, 5.74) is 1.92. The van der Waals surface area contributed by atoms with E-state index in [2.05, 4.69) is 4.98 Å². The third-order valence-electron chi connectivity index (χ3n) is 4.01. The predicted octanol–water partition coefficient (Wildman–Crippen LogP) is 3.86. The van der Waals surface area contributed by atoms with Gasteiger partial charge >= 0.3 is 6.18 Å². The lowest BCUT2D eigenvalue weighted by Crippen LogP contribution is -2.12. The molecule has 1 aromatic carbocycles. The van der Waals surface area contributed by atoms with E-state index >= 15 is 0 Å². The highest BCUT2D eigenvalue weighted by atomic mass is 32.2. The third-order valence-corrected chi connectivity index (χ3v) is 4.91. The van der Waals surface area contributed by atoms with Gasteiger partial charge in [0.2, 0.25) is 10.0 Å². The number of benzene rings is 1. The van der Waals surface area contributed by atoms with Crippen molar-refractivity contribution >= 4 is 21.2 Å². The average molecular weight is 380 g/mol. The number of pyridine rings is 1. The van der Waals surface area contributed by atoms with Crippen LogP contribution in [0.25, 0.3) is 11.1 Å². The lowest BCUT2D eigenvalue weighted by atomic mass is 9.97. The Balaban J connectivity index is 1.96. The number of aromatic nitrogens is 1. The maximum absolute atomic E-state index is 12.7. The van der Waals surface area contributed by atoms with E-state index in [1.54, 1.807) is 0 Å². The van der Waals surface area contributed by atoms with E-state index < -0.39 is 21.8 Å². The van der Waals surface area contributed by atoms with E-state index in [1.807, 2.05) is 19.1 Å². The third kappa shape index (κ3) is 3.71. The van der Waals surface area contributed by atoms with Crippen LogP contribution in [0.4, 0.5) is 13.2 Å². The molecular formula is C18H15F3N2O2S. The van der Waals surface area contributed by atoms with Crippen LogP contribution in [-0.4, -0.2) is 13.4 Å². The molecule has 136 valence electrons. The molecule has 1 heterocycles. The van der Waals surface area contributed by atoms with Crippen LogP contribution in [0.15, 0.2) is 59.6 Å². The van der Waals surface area contributed by atoms with Gasteiger partial charge in [0.1, 0.15) is 4.90 Å². The van der Waals surface area contributed by atoms with E-state index in [1.165, 1.54) is 30.5 Å². The molecule has 2 N–H and O–H groups in total. The molecule has 1 atom stereocenters. The summed E-state index contributed by atoms with van der Waals surface area (Å²) in [6, 6.07) is 7.79. The molecule has 0 saturated carbocycles. The smallest absolute Gasteiger partial charge is 0.255 e. The van der Waals surface area contributed by atoms with Gasteiger partial charge in [0.15, 0.2) is 0 Å². The summed E-state index contributed by atoms with van der Waals surface area (Å²) in [7, 11) is -3.84. The fourth-order valence-electron chi connectivity index (χ4n) is 2.78. The number of hydrogen-bond acceptors (Lipinski definition) is 3. The lowest BCUT2D eigenvalue weighted by molar-refractivity contribution is -0.137. The van der Waals surface area contributed by atoms with Gasteiger partial charge in [0, 0.05) is 11.8 Å². The highest BCUT2D eigenvalue weighted by Gasteiger charge is 2.30. The molecule has 3 rings (SSSR count). The Labute approximate surface area is 148 Å². The molecule has 1 aromatic heterocycles. The van der Waals surface area contributed by atoms with Gasteiger partial charge in [-0.05, 0) is 41.3 Å². The first-order valence-electron chi connectivity index (χ1n) is 7.66. The molecule has 4 nitrogen and oxygen atoms in total. The Kier molecular flexibility index (Phi) is 4.49. The van der Waals surface area contributed by atoms with Gasteiger partial charge < -0.3 is 0 Å². The summed E-state index contributed by atoms with van der Waals surface area (Å²) < 4.78 is 60.9. The standard InChI is InChI=1S/C18H15F3N2O2S/c1-11-8-15(12-2-4-13(5-3-12)18(19,20)21)16(9-11)17-7-6-14(10-23-17)26(22,24)25/h2-11H,1H3,(H2,22,24,25). The van der Waals surface area contributed by atoms with Gasteiger partial charge in [-0.15, -0.1) is 0 Å². The van der Waals surface area contributed by atoms with Crippen molar-refractivity contribution in [2.24, 2.45) is 11.1 Å². The highest BCUT2D eigenvalue weighted by molar-refractivity contribution is 7.89. The fourth-order valence-corrected chi connectivity index (χ4v) is 3.23. The van der Waals surface area contributed by atoms with Gasteiger partial charge in [-0.25, -0.2) is 13.6 Å². The maximum atomic E-state index is 12.7. The summed E-state index contributed by atoms with van der Waals surface area (Å²) in [4.78, 5) is 4.04. The van der Waals surface area contributed by atoms with Crippen molar-refractivity contribution in [1.82, 2.24) is 4.98 Å². The normalized spacial score (nSPS) is 17.8. The minimum atomic E-state index is -4.39. The van der Waals surface area contributed by atoms with E-state index in [0.29, 0.717) is 11.3 Å². The number of nitrogens with two attached hydrogens (primary N) is 1. The Hall–Kier alpha value is -2.45. The average Bonchev–Trinajstić information content (AvgIpc) is 2.95. The Morgan fingerprint density at radius 2 is 1.62 bits per heavy atom. The van der Waals surface area contributed by atoms with Gasteiger partial charge in [-0.3, -0.25) is 4.98 Å². The molecule has 0 fully saturated rings. The number of halogens is 3. The summed E-state index contributed by atoms with van der Waals surface area (Å²) in [5, 5.41) is 5.06. The number of nitrogens with zero attached hydrogens (tertiary/aromatic N) is 1. The maximum Gasteiger partial charge on any atom is 0.416 e. The van der Waals surface area contributed by atoms with Crippen molar-refractivity contribution in [2.45, 2.75) is 18.0 Å². The second-order valence-electron chi connectivity index (χ2n) is 6.02. The summed E-state index contributed by atoms with van der Waals surface area (Å²) in [6.45, 7) is 1.94. The van der Waals surface area contributed by atoms with Gasteiger partial charge in [-0.2, -0.15) is 13.2 Å². The zero-order chi connectivity index (χ0) is 19.1. The van der Waals surface area contributed by atoms with Crippen molar-refractivity contribution in [3.8, 4) is 0 Å². The Morgan fingerprint density at radius 1 is 1.00 bits per heavy atom. The van der Waals surface area contributed by atoms with E-state index in [0.717, 1.165) is 23.3 Å². The van der Waals surface area contributed by atoms with Crippen LogP contribution in [0.3, 0.4) is 0 Å². The highest BCUT2D eigenvalue weighted by Crippen LogP contribution is 2.39. The first-order chi connectivity index (χ1) is 12.1. The minimum Gasteiger partial charge on any atom is -0.255 e. The Bertz CT molecular complexity index is 990. The minimum absolute atomic E-state index is 0.0713. The quantitative estimate of drug-likeness (QED) is 0.879. The lowest BCUT2D eigenvalue weighted by Gasteiger charge is -2.11. The summed E-state index contributed by atoms with van der Waals surface area (Å²) in [5.74, 6) is 0.0713. The topological polar surface area (TPSA) is 73.1 Å². The molecule has 1 aliphatic rings. The van der Waals surface area contributed by atoms with E-state index in [-0.39, 0.29) is 10.8 Å². The number of hydrogen-bond donors (Lipinski definition) is 1. The van der Waals surface area contributed by atoms with E-state index in [9.17, 15) is 21.6 Å². The Morgan fingerprint density at radius 3 is 2.12 bits per heavy atom. The monoisotopic (exact) mass is 380 g/mol. The van der Waals surface area contributed by atoms with Crippen molar-refractivity contribution in [1.29, 1.82) is 0 Å². The van der Waals surface area contributed by atoms with Crippen LogP contribution in [-0.2, 0) is 16.2 Å². The van der Waals surface area contributed by atoms with Crippen LogP contribution in [0.1, 0.15) is 23.7 Å². The molecule has 0 amide bonds. The zero-order valence-corrected chi connectivity index (χ0v) is 14.5. The van der Waals surface area contributed by atoms with Crippen molar-refractivity contribution in [3.05, 3.63) is 71.6 Å². The van der Waals surface area contributed by atoms with Gasteiger partial charge in [0.25, 0.3) is 0 Å². The molecule has 0 saturated heterocycles. The molecule has 0 bridgehead atoms. The molecule has 0 radical (unpaired) electrons. The second kappa shape index (κ2) is 6.37. The molecular weight excluding hydrogens is 365 g/mol. The van der Waals surface area contributed by atoms with Crippen LogP contribution in [0, 0.1) is 5.92 Å². The molecule has 26 heavy (non-hydrogen) atoms. The van der Waals surface area contributed by atoms with Gasteiger partial charge in [-0.1, -0.05) is 31.2 Å². The zero-order valence-electron chi connectivity index (χ0n) is 13.7. The molecule has 0 spiro atoms. The summed E-state index contributed by atoms with van der Waals surface area (Å²) >= 11 is 0. The van der Waals surface area contributed by atoms with Crippen LogP contribution < -0.4 is 5.14 Å². The van der Waals surface area contributed by atoms with Crippen LogP contribution in [0.2, 0.25) is 0 Å². The molecule has 1 unspecified atom stereocenters. The van der Waals surface area contributed by atoms with Crippen LogP contribution in [0.5, 0.6) is 0 Å². The summed E-state index contributed by atoms with van der Waals surface area (Å²) in [6.07, 6.45) is 0.623. The van der Waals surface area contributed by atoms with Gasteiger partial charge in [0.05, 0.1) is 11.3 Å². The number of alkyl halides is 3. The van der Waals surface area contributed by atoms with E-state index in [4.69, 9.17) is 5.14 Å². The number of sulfonamides is 1. The number of allylic oxidation sites excluding steroid dienone is 4. The van der Waals surface area contributed by atoms with Crippen LogP contribution >= 0.6 is 0 Å². The molecule has 2 aromatic rings. The fraction of sp³-hybridized carbons (Fsp3) is 0.167. The first-order valence-corrected chi connectivity index (χ1v) is 9.21. The first kappa shape index (κ1) is 18.3. The predicted molar refractivity (Wildman–Crippen MR) is 92.2 cm³/mol.